The fraction of sp³-hybridized carbons (Fsp3) is 0.625. The third-order valence-corrected chi connectivity index (χ3v) is 5.43. The highest BCUT2D eigenvalue weighted by Crippen LogP contribution is 2.14. The van der Waals surface area contributed by atoms with Gasteiger partial charge in [-0.3, -0.25) is 0 Å². The largest absolute Gasteiger partial charge is 0.367 e. The number of aliphatic hydroxyl groups excluding tert-OH is 1. The molecule has 3 N–H and O–H groups in total. The minimum absolute atomic E-state index is 0.0295. The average Bonchev–Trinajstić information content (AvgIpc) is 2.89. The minimum Gasteiger partial charge on any atom is -0.367 e. The Morgan fingerprint density at radius 2 is 2.00 bits per heavy atom. The molecule has 1 aromatic carbocycles. The van der Waals surface area contributed by atoms with Crippen LogP contribution in [0.1, 0.15) is 26.7 Å². The first-order valence-electron chi connectivity index (χ1n) is 8.09. The van der Waals surface area contributed by atoms with Gasteiger partial charge in [0.05, 0.1) is 17.5 Å². The van der Waals surface area contributed by atoms with E-state index in [9.17, 15) is 17.9 Å². The predicted octanol–water partition coefficient (Wildman–Crippen LogP) is 1.22. The lowest BCUT2D eigenvalue weighted by Gasteiger charge is -2.24. The first-order valence-corrected chi connectivity index (χ1v) is 9.57. The number of nitrogens with one attached hydrogen (secondary N) is 2. The summed E-state index contributed by atoms with van der Waals surface area (Å²) in [6, 6.07) is 4.19. The zero-order valence-corrected chi connectivity index (χ0v) is 14.7. The molecule has 0 bridgehead atoms. The molecule has 1 aromatic rings. The van der Waals surface area contributed by atoms with Crippen LogP contribution in [0, 0.1) is 11.7 Å². The Balaban J connectivity index is 2.02. The van der Waals surface area contributed by atoms with Gasteiger partial charge in [-0.2, -0.15) is 0 Å². The molecule has 0 amide bonds. The maximum atomic E-state index is 13.0. The van der Waals surface area contributed by atoms with Gasteiger partial charge in [0, 0.05) is 12.6 Å². The third kappa shape index (κ3) is 5.49. The van der Waals surface area contributed by atoms with Gasteiger partial charge in [0.25, 0.3) is 0 Å². The number of hydrogen-bond donors (Lipinski definition) is 3. The van der Waals surface area contributed by atoms with Crippen LogP contribution in [0.2, 0.25) is 0 Å². The van der Waals surface area contributed by atoms with E-state index in [-0.39, 0.29) is 22.9 Å². The molecule has 8 heteroatoms. The molecule has 0 radical (unpaired) electrons. The van der Waals surface area contributed by atoms with Crippen LogP contribution in [0.5, 0.6) is 0 Å². The van der Waals surface area contributed by atoms with Crippen molar-refractivity contribution >= 4 is 10.0 Å². The summed E-state index contributed by atoms with van der Waals surface area (Å²) in [7, 11) is -3.73. The quantitative estimate of drug-likeness (QED) is 0.649. The van der Waals surface area contributed by atoms with Crippen LogP contribution < -0.4 is 10.0 Å². The number of ether oxygens (including phenoxy) is 1. The second-order valence-electron chi connectivity index (χ2n) is 6.47. The van der Waals surface area contributed by atoms with Gasteiger partial charge >= 0.3 is 0 Å². The Kier molecular flexibility index (Phi) is 6.70. The molecule has 0 aliphatic carbocycles. The smallest absolute Gasteiger partial charge is 0.240 e. The summed E-state index contributed by atoms with van der Waals surface area (Å²) in [5.74, 6) is -0.193. The second-order valence-corrected chi connectivity index (χ2v) is 8.18. The lowest BCUT2D eigenvalue weighted by Crippen LogP contribution is -2.47. The van der Waals surface area contributed by atoms with Gasteiger partial charge in [-0.25, -0.2) is 17.5 Å². The normalized spacial score (nSPS) is 22.9. The maximum Gasteiger partial charge on any atom is 0.240 e. The third-order valence-electron chi connectivity index (χ3n) is 3.89. The molecule has 1 saturated heterocycles. The molecule has 1 aliphatic rings. The van der Waals surface area contributed by atoms with Crippen molar-refractivity contribution in [1.29, 1.82) is 0 Å². The van der Waals surface area contributed by atoms with E-state index in [0.29, 0.717) is 26.0 Å². The van der Waals surface area contributed by atoms with Gasteiger partial charge < -0.3 is 15.2 Å². The van der Waals surface area contributed by atoms with Crippen LogP contribution in [0.4, 0.5) is 4.39 Å². The predicted molar refractivity (Wildman–Crippen MR) is 88.3 cm³/mol. The number of aliphatic hydroxyl groups is 1. The van der Waals surface area contributed by atoms with Crippen molar-refractivity contribution in [2.24, 2.45) is 5.92 Å². The van der Waals surface area contributed by atoms with Crippen LogP contribution in [-0.2, 0) is 14.8 Å². The summed E-state index contributed by atoms with van der Waals surface area (Å²) in [5.41, 5.74) is 0. The molecule has 0 spiro atoms. The Labute approximate surface area is 142 Å². The van der Waals surface area contributed by atoms with E-state index in [0.717, 1.165) is 12.1 Å². The van der Waals surface area contributed by atoms with Crippen molar-refractivity contribution in [2.45, 2.75) is 50.0 Å². The maximum absolute atomic E-state index is 13.0. The van der Waals surface area contributed by atoms with Crippen LogP contribution in [0.25, 0.3) is 0 Å². The topological polar surface area (TPSA) is 87.7 Å². The summed E-state index contributed by atoms with van der Waals surface area (Å²) in [4.78, 5) is 0.0295. The van der Waals surface area contributed by atoms with Crippen molar-refractivity contribution in [2.75, 3.05) is 13.2 Å². The Morgan fingerprint density at radius 1 is 1.33 bits per heavy atom. The van der Waals surface area contributed by atoms with Crippen LogP contribution in [0.15, 0.2) is 29.2 Å². The molecule has 1 unspecified atom stereocenters. The van der Waals surface area contributed by atoms with E-state index in [4.69, 9.17) is 4.74 Å². The van der Waals surface area contributed by atoms with Gasteiger partial charge in [-0.15, -0.1) is 0 Å². The van der Waals surface area contributed by atoms with E-state index in [1.165, 1.54) is 12.1 Å². The molecular weight excluding hydrogens is 335 g/mol. The van der Waals surface area contributed by atoms with Crippen LogP contribution in [0.3, 0.4) is 0 Å². The molecule has 2 rings (SSSR count). The van der Waals surface area contributed by atoms with Gasteiger partial charge in [-0.05, 0) is 43.0 Å². The fourth-order valence-corrected chi connectivity index (χ4v) is 3.96. The lowest BCUT2D eigenvalue weighted by molar-refractivity contribution is -0.0718. The van der Waals surface area contributed by atoms with E-state index in [1.807, 2.05) is 13.8 Å². The van der Waals surface area contributed by atoms with E-state index in [2.05, 4.69) is 10.0 Å². The van der Waals surface area contributed by atoms with Crippen molar-refractivity contribution < 1.29 is 22.7 Å². The van der Waals surface area contributed by atoms with Gasteiger partial charge in [-0.1, -0.05) is 13.8 Å². The van der Waals surface area contributed by atoms with Crippen molar-refractivity contribution in [3.05, 3.63) is 30.1 Å². The Bertz CT molecular complexity index is 621. The first-order chi connectivity index (χ1) is 11.3. The average molecular weight is 360 g/mol. The fourth-order valence-electron chi connectivity index (χ4n) is 2.71. The van der Waals surface area contributed by atoms with E-state index in [1.54, 1.807) is 0 Å². The highest BCUT2D eigenvalue weighted by Gasteiger charge is 2.27. The van der Waals surface area contributed by atoms with Gasteiger partial charge in [0.15, 0.2) is 6.29 Å². The Morgan fingerprint density at radius 3 is 2.54 bits per heavy atom. The van der Waals surface area contributed by atoms with Crippen molar-refractivity contribution in [3.8, 4) is 0 Å². The van der Waals surface area contributed by atoms with Crippen LogP contribution >= 0.6 is 0 Å². The SMILES string of the molecule is CC(C)C[C@H](CN[C@H]1CCOC1O)NS(=O)(=O)c1ccc(F)cc1. The number of benzene rings is 1. The number of rotatable bonds is 8. The zero-order valence-electron chi connectivity index (χ0n) is 13.9. The van der Waals surface area contributed by atoms with E-state index >= 15 is 0 Å². The number of hydrogen-bond acceptors (Lipinski definition) is 5. The number of halogens is 1. The molecule has 24 heavy (non-hydrogen) atoms. The Hall–Kier alpha value is -1.06. The van der Waals surface area contributed by atoms with Crippen molar-refractivity contribution in [1.82, 2.24) is 10.0 Å². The zero-order chi connectivity index (χ0) is 17.7. The summed E-state index contributed by atoms with van der Waals surface area (Å²) < 4.78 is 45.6. The lowest BCUT2D eigenvalue weighted by atomic mass is 10.0. The molecule has 1 fully saturated rings. The molecule has 0 aromatic heterocycles. The molecule has 1 aliphatic heterocycles. The van der Waals surface area contributed by atoms with Crippen LogP contribution in [-0.4, -0.2) is 45.0 Å². The second kappa shape index (κ2) is 8.35. The molecule has 0 saturated carbocycles. The minimum atomic E-state index is -3.73. The molecule has 136 valence electrons. The molecule has 6 nitrogen and oxygen atoms in total. The summed E-state index contributed by atoms with van der Waals surface area (Å²) >= 11 is 0. The molecular formula is C16H25FN2O4S. The summed E-state index contributed by atoms with van der Waals surface area (Å²) in [6.07, 6.45) is 0.454. The summed E-state index contributed by atoms with van der Waals surface area (Å²) in [6.45, 7) is 4.87. The monoisotopic (exact) mass is 360 g/mol. The highest BCUT2D eigenvalue weighted by atomic mass is 32.2. The molecule has 3 atom stereocenters. The van der Waals surface area contributed by atoms with E-state index < -0.39 is 22.1 Å². The van der Waals surface area contributed by atoms with Gasteiger partial charge in [0.2, 0.25) is 10.0 Å². The molecule has 1 heterocycles. The van der Waals surface area contributed by atoms with Crippen molar-refractivity contribution in [3.63, 3.8) is 0 Å². The highest BCUT2D eigenvalue weighted by molar-refractivity contribution is 7.89. The van der Waals surface area contributed by atoms with Gasteiger partial charge in [0.1, 0.15) is 5.82 Å². The standard InChI is InChI=1S/C16H25FN2O4S/c1-11(2)9-13(10-18-15-7-8-23-16(15)20)19-24(21,22)14-5-3-12(17)4-6-14/h3-6,11,13,15-16,18-20H,7-10H2,1-2H3/t13-,15+,16?/m1/s1. The first kappa shape index (κ1) is 19.3. The summed E-state index contributed by atoms with van der Waals surface area (Å²) in [5, 5.41) is 12.8. The number of sulfonamides is 1.